The van der Waals surface area contributed by atoms with Gasteiger partial charge in [0.2, 0.25) is 0 Å². The number of furan rings is 1. The van der Waals surface area contributed by atoms with Crippen molar-refractivity contribution in [3.8, 4) is 11.8 Å². The summed E-state index contributed by atoms with van der Waals surface area (Å²) < 4.78 is 4.87. The van der Waals surface area contributed by atoms with Gasteiger partial charge in [0.05, 0.1) is 6.26 Å². The van der Waals surface area contributed by atoms with Gasteiger partial charge in [0, 0.05) is 13.0 Å². The van der Waals surface area contributed by atoms with Gasteiger partial charge in [0.25, 0.3) is 5.91 Å². The molecule has 1 aromatic rings. The lowest BCUT2D eigenvalue weighted by Gasteiger charge is -1.82. The average Bonchev–Trinajstić information content (AvgIpc) is 2.52. The molecule has 1 amide bonds. The Morgan fingerprint density at radius 2 is 2.55 bits per heavy atom. The minimum Gasteiger partial charge on any atom is -0.456 e. The molecule has 0 saturated heterocycles. The highest BCUT2D eigenvalue weighted by Crippen LogP contribution is 1.95. The summed E-state index contributed by atoms with van der Waals surface area (Å²) in [6, 6.07) is 3.41. The molecule has 0 radical (unpaired) electrons. The smallest absolute Gasteiger partial charge is 0.296 e. The van der Waals surface area contributed by atoms with Crippen molar-refractivity contribution >= 4 is 5.91 Å². The molecule has 1 rings (SSSR count). The van der Waals surface area contributed by atoms with Crippen molar-refractivity contribution in [2.45, 2.75) is 0 Å². The van der Waals surface area contributed by atoms with Crippen molar-refractivity contribution in [1.29, 1.82) is 0 Å². The van der Waals surface area contributed by atoms with Crippen LogP contribution in [0, 0.1) is 11.8 Å². The van der Waals surface area contributed by atoms with Gasteiger partial charge in [-0.15, -0.1) is 0 Å². The molecule has 0 fully saturated rings. The Kier molecular flexibility index (Phi) is 2.34. The summed E-state index contributed by atoms with van der Waals surface area (Å²) in [5.74, 6) is 5.06. The van der Waals surface area contributed by atoms with Crippen LogP contribution in [0.15, 0.2) is 22.8 Å². The molecule has 0 aliphatic rings. The second-order valence-corrected chi connectivity index (χ2v) is 1.81. The van der Waals surface area contributed by atoms with Gasteiger partial charge in [-0.05, 0) is 18.1 Å². The van der Waals surface area contributed by atoms with E-state index in [9.17, 15) is 4.79 Å². The Morgan fingerprint density at radius 3 is 3.09 bits per heavy atom. The van der Waals surface area contributed by atoms with Crippen molar-refractivity contribution < 1.29 is 9.21 Å². The first-order valence-electron chi connectivity index (χ1n) is 3.10. The number of amides is 1. The lowest BCUT2D eigenvalue weighted by molar-refractivity contribution is -0.115. The maximum Gasteiger partial charge on any atom is 0.296 e. The Morgan fingerprint density at radius 1 is 1.73 bits per heavy atom. The SMILES string of the molecule is CNC(=O)C#Cc1ccco1. The summed E-state index contributed by atoms with van der Waals surface area (Å²) in [5, 5.41) is 2.37. The van der Waals surface area contributed by atoms with Crippen LogP contribution >= 0.6 is 0 Å². The summed E-state index contributed by atoms with van der Waals surface area (Å²) in [6.45, 7) is 0. The fourth-order valence-electron chi connectivity index (χ4n) is 0.531. The van der Waals surface area contributed by atoms with E-state index >= 15 is 0 Å². The molecule has 1 heterocycles. The van der Waals surface area contributed by atoms with Gasteiger partial charge < -0.3 is 9.73 Å². The van der Waals surface area contributed by atoms with Gasteiger partial charge >= 0.3 is 0 Å². The largest absolute Gasteiger partial charge is 0.456 e. The number of nitrogens with one attached hydrogen (secondary N) is 1. The third-order valence-electron chi connectivity index (χ3n) is 1.05. The molecule has 3 heteroatoms. The molecule has 0 atom stereocenters. The Hall–Kier alpha value is -1.69. The van der Waals surface area contributed by atoms with Crippen LogP contribution in [0.4, 0.5) is 0 Å². The van der Waals surface area contributed by atoms with Crippen molar-refractivity contribution in [1.82, 2.24) is 5.32 Å². The second kappa shape index (κ2) is 3.47. The van der Waals surface area contributed by atoms with E-state index in [0.29, 0.717) is 5.76 Å². The van der Waals surface area contributed by atoms with Crippen LogP contribution in [0.2, 0.25) is 0 Å². The number of hydrogen-bond acceptors (Lipinski definition) is 2. The molecule has 56 valence electrons. The predicted octanol–water partition coefficient (Wildman–Crippen LogP) is 0.377. The van der Waals surface area contributed by atoms with E-state index in [1.807, 2.05) is 0 Å². The van der Waals surface area contributed by atoms with Crippen LogP contribution in [0.1, 0.15) is 5.76 Å². The number of carbonyl (C=O) groups is 1. The normalized spacial score (nSPS) is 8.09. The summed E-state index contributed by atoms with van der Waals surface area (Å²) in [4.78, 5) is 10.6. The molecule has 1 aromatic heterocycles. The zero-order valence-corrected chi connectivity index (χ0v) is 6.05. The molecule has 0 unspecified atom stereocenters. The van der Waals surface area contributed by atoms with E-state index in [-0.39, 0.29) is 5.91 Å². The lowest BCUT2D eigenvalue weighted by atomic mass is 10.4. The van der Waals surface area contributed by atoms with E-state index in [2.05, 4.69) is 17.2 Å². The second-order valence-electron chi connectivity index (χ2n) is 1.81. The van der Waals surface area contributed by atoms with E-state index in [0.717, 1.165) is 0 Å². The van der Waals surface area contributed by atoms with Crippen molar-refractivity contribution in [3.63, 3.8) is 0 Å². The molecule has 1 N–H and O–H groups in total. The van der Waals surface area contributed by atoms with Crippen molar-refractivity contribution in [3.05, 3.63) is 24.2 Å². The number of hydrogen-bond donors (Lipinski definition) is 1. The highest BCUT2D eigenvalue weighted by Gasteiger charge is 1.88. The van der Waals surface area contributed by atoms with Gasteiger partial charge in [-0.2, -0.15) is 0 Å². The predicted molar refractivity (Wildman–Crippen MR) is 39.7 cm³/mol. The van der Waals surface area contributed by atoms with Crippen LogP contribution in [-0.2, 0) is 4.79 Å². The standard InChI is InChI=1S/C8H7NO2/c1-9-8(10)5-4-7-3-2-6-11-7/h2-3,6H,1H3,(H,9,10). The number of rotatable bonds is 0. The first kappa shape index (κ1) is 7.42. The van der Waals surface area contributed by atoms with Gasteiger partial charge in [0.15, 0.2) is 5.76 Å². The molecule has 11 heavy (non-hydrogen) atoms. The lowest BCUT2D eigenvalue weighted by Crippen LogP contribution is -2.14. The molecule has 0 aliphatic carbocycles. The van der Waals surface area contributed by atoms with Crippen LogP contribution in [0.3, 0.4) is 0 Å². The van der Waals surface area contributed by atoms with Gasteiger partial charge in [-0.1, -0.05) is 0 Å². The maximum absolute atomic E-state index is 10.6. The minimum absolute atomic E-state index is 0.318. The summed E-state index contributed by atoms with van der Waals surface area (Å²) in [7, 11) is 1.53. The Labute approximate surface area is 64.4 Å². The molecule has 0 aliphatic heterocycles. The van der Waals surface area contributed by atoms with E-state index in [1.54, 1.807) is 12.1 Å². The van der Waals surface area contributed by atoms with Crippen LogP contribution in [0.5, 0.6) is 0 Å². The maximum atomic E-state index is 10.6. The first-order valence-corrected chi connectivity index (χ1v) is 3.10. The molecule has 0 spiro atoms. The van der Waals surface area contributed by atoms with Crippen LogP contribution in [-0.4, -0.2) is 13.0 Å². The average molecular weight is 149 g/mol. The number of carbonyl (C=O) groups excluding carboxylic acids is 1. The molecule has 0 saturated carbocycles. The fraction of sp³-hybridized carbons (Fsp3) is 0.125. The zero-order chi connectivity index (χ0) is 8.10. The highest BCUT2D eigenvalue weighted by molar-refractivity contribution is 5.93. The van der Waals surface area contributed by atoms with Crippen LogP contribution < -0.4 is 5.32 Å². The Bertz CT molecular complexity index is 290. The third kappa shape index (κ3) is 2.18. The van der Waals surface area contributed by atoms with Gasteiger partial charge in [0.1, 0.15) is 0 Å². The van der Waals surface area contributed by atoms with Gasteiger partial charge in [-0.3, -0.25) is 4.79 Å². The first-order chi connectivity index (χ1) is 5.33. The van der Waals surface area contributed by atoms with E-state index in [1.165, 1.54) is 13.3 Å². The fourth-order valence-corrected chi connectivity index (χ4v) is 0.531. The monoisotopic (exact) mass is 149 g/mol. The topological polar surface area (TPSA) is 42.2 Å². The molecule has 0 bridgehead atoms. The summed E-state index contributed by atoms with van der Waals surface area (Å²) in [6.07, 6.45) is 1.51. The minimum atomic E-state index is -0.318. The van der Waals surface area contributed by atoms with E-state index < -0.39 is 0 Å². The Balaban J connectivity index is 2.66. The molecular weight excluding hydrogens is 142 g/mol. The molecule has 0 aromatic carbocycles. The summed E-state index contributed by atoms with van der Waals surface area (Å²) >= 11 is 0. The quantitative estimate of drug-likeness (QED) is 0.542. The highest BCUT2D eigenvalue weighted by atomic mass is 16.3. The summed E-state index contributed by atoms with van der Waals surface area (Å²) in [5.41, 5.74) is 0. The van der Waals surface area contributed by atoms with Crippen molar-refractivity contribution in [2.75, 3.05) is 7.05 Å². The zero-order valence-electron chi connectivity index (χ0n) is 6.05. The molecular formula is C8H7NO2. The van der Waals surface area contributed by atoms with E-state index in [4.69, 9.17) is 4.42 Å². The third-order valence-corrected chi connectivity index (χ3v) is 1.05. The van der Waals surface area contributed by atoms with Gasteiger partial charge in [-0.25, -0.2) is 0 Å². The molecule has 3 nitrogen and oxygen atoms in total. The van der Waals surface area contributed by atoms with Crippen molar-refractivity contribution in [2.24, 2.45) is 0 Å². The van der Waals surface area contributed by atoms with Crippen LogP contribution in [0.25, 0.3) is 0 Å².